The quantitative estimate of drug-likeness (QED) is 0.836. The summed E-state index contributed by atoms with van der Waals surface area (Å²) in [4.78, 5) is 15.2. The minimum Gasteiger partial charge on any atom is -0.356 e. The van der Waals surface area contributed by atoms with Gasteiger partial charge in [-0.25, -0.2) is 0 Å². The maximum absolute atomic E-state index is 13.2. The molecule has 0 aromatic heterocycles. The third-order valence-electron chi connectivity index (χ3n) is 4.87. The third kappa shape index (κ3) is 2.38. The molecular weight excluding hydrogens is 262 g/mol. The van der Waals surface area contributed by atoms with Crippen LogP contribution in [0.2, 0.25) is 0 Å². The van der Waals surface area contributed by atoms with Gasteiger partial charge in [0.25, 0.3) is 0 Å². The Hall–Kier alpha value is -1.35. The number of hydrogen-bond donors (Lipinski definition) is 0. The third-order valence-corrected chi connectivity index (χ3v) is 4.87. The fourth-order valence-electron chi connectivity index (χ4n) is 3.71. The zero-order valence-electron chi connectivity index (χ0n) is 13.4. The van der Waals surface area contributed by atoms with E-state index in [0.29, 0.717) is 18.4 Å². The summed E-state index contributed by atoms with van der Waals surface area (Å²) in [5, 5.41) is 0. The van der Waals surface area contributed by atoms with Crippen molar-refractivity contribution in [3.63, 3.8) is 0 Å². The Morgan fingerprint density at radius 2 is 1.86 bits per heavy atom. The summed E-state index contributed by atoms with van der Waals surface area (Å²) in [6.07, 6.45) is 0.726. The first-order valence-corrected chi connectivity index (χ1v) is 8.02. The van der Waals surface area contributed by atoms with Gasteiger partial charge in [-0.1, -0.05) is 52.0 Å². The van der Waals surface area contributed by atoms with Crippen LogP contribution in [0.25, 0.3) is 0 Å². The maximum atomic E-state index is 13.2. The molecule has 1 fully saturated rings. The van der Waals surface area contributed by atoms with Crippen LogP contribution in [0, 0.1) is 11.8 Å². The van der Waals surface area contributed by atoms with Gasteiger partial charge in [-0.2, -0.15) is 0 Å². The molecule has 3 nitrogen and oxygen atoms in total. The van der Waals surface area contributed by atoms with E-state index >= 15 is 0 Å². The van der Waals surface area contributed by atoms with Gasteiger partial charge in [-0.15, -0.1) is 0 Å². The highest BCUT2D eigenvalue weighted by molar-refractivity contribution is 5.86. The van der Waals surface area contributed by atoms with Crippen molar-refractivity contribution in [1.82, 2.24) is 4.90 Å². The second kappa shape index (κ2) is 5.45. The average molecular weight is 287 g/mol. The van der Waals surface area contributed by atoms with Crippen LogP contribution in [-0.2, 0) is 16.0 Å². The number of carbonyl (C=O) groups excluding carboxylic acids is 1. The molecule has 1 aromatic rings. The Kier molecular flexibility index (Phi) is 3.78. The minimum absolute atomic E-state index is 0.0471. The smallest absolute Gasteiger partial charge is 0.232 e. The highest BCUT2D eigenvalue weighted by Gasteiger charge is 2.45. The van der Waals surface area contributed by atoms with Crippen molar-refractivity contribution in [2.75, 3.05) is 6.61 Å². The summed E-state index contributed by atoms with van der Waals surface area (Å²) in [5.74, 6) is 0.920. The summed E-state index contributed by atoms with van der Waals surface area (Å²) in [6, 6.07) is 8.57. The van der Waals surface area contributed by atoms with Gasteiger partial charge < -0.3 is 9.64 Å². The molecule has 1 aromatic carbocycles. The molecule has 3 atom stereocenters. The number of ether oxygens (including phenoxy) is 1. The molecule has 0 saturated carbocycles. The fraction of sp³-hybridized carbons (Fsp3) is 0.611. The molecule has 21 heavy (non-hydrogen) atoms. The molecule has 0 spiro atoms. The second-order valence-corrected chi connectivity index (χ2v) is 6.97. The van der Waals surface area contributed by atoms with Crippen molar-refractivity contribution in [3.05, 3.63) is 35.4 Å². The van der Waals surface area contributed by atoms with Crippen LogP contribution in [0.4, 0.5) is 0 Å². The predicted molar refractivity (Wildman–Crippen MR) is 82.9 cm³/mol. The number of hydrogen-bond acceptors (Lipinski definition) is 2. The van der Waals surface area contributed by atoms with Crippen molar-refractivity contribution >= 4 is 5.91 Å². The lowest BCUT2D eigenvalue weighted by Gasteiger charge is -2.32. The lowest BCUT2D eigenvalue weighted by Crippen LogP contribution is -2.46. The Balaban J connectivity index is 2.06. The summed E-state index contributed by atoms with van der Waals surface area (Å²) in [5.41, 5.74) is 2.46. The van der Waals surface area contributed by atoms with Gasteiger partial charge in [0.2, 0.25) is 5.91 Å². The van der Waals surface area contributed by atoms with E-state index in [1.807, 2.05) is 11.0 Å². The van der Waals surface area contributed by atoms with Crippen molar-refractivity contribution in [2.24, 2.45) is 11.8 Å². The molecule has 2 heterocycles. The van der Waals surface area contributed by atoms with Crippen LogP contribution in [0.1, 0.15) is 44.7 Å². The van der Waals surface area contributed by atoms with Gasteiger partial charge >= 0.3 is 0 Å². The monoisotopic (exact) mass is 287 g/mol. The number of rotatable bonds is 2. The molecule has 0 bridgehead atoms. The molecule has 3 rings (SSSR count). The number of amides is 1. The standard InChI is InChI=1S/C18H25NO2/c1-11(2)15-10-21-16-9-13-7-5-6-8-14(13)17(12(3)4)18(20)19(15)16/h5-8,11-12,15-17H,9-10H2,1-4H3/t15?,16-,17+/m1/s1. The average Bonchev–Trinajstić information content (AvgIpc) is 2.79. The first-order valence-electron chi connectivity index (χ1n) is 8.02. The Morgan fingerprint density at radius 1 is 1.14 bits per heavy atom. The van der Waals surface area contributed by atoms with Crippen LogP contribution in [0.5, 0.6) is 0 Å². The van der Waals surface area contributed by atoms with Gasteiger partial charge in [0.15, 0.2) is 0 Å². The topological polar surface area (TPSA) is 29.5 Å². The van der Waals surface area contributed by atoms with Crippen LogP contribution in [0.15, 0.2) is 24.3 Å². The molecule has 0 radical (unpaired) electrons. The van der Waals surface area contributed by atoms with Gasteiger partial charge in [-0.3, -0.25) is 4.79 Å². The SMILES string of the molecule is CC(C)C1CO[C@@H]2Cc3ccccc3[C@H](C(C)C)C(=O)N12. The van der Waals surface area contributed by atoms with Gasteiger partial charge in [0.1, 0.15) is 6.23 Å². The van der Waals surface area contributed by atoms with Crippen molar-refractivity contribution in [2.45, 2.75) is 52.3 Å². The van der Waals surface area contributed by atoms with Gasteiger partial charge in [0.05, 0.1) is 18.6 Å². The number of carbonyl (C=O) groups is 1. The highest BCUT2D eigenvalue weighted by Crippen LogP contribution is 2.38. The van der Waals surface area contributed by atoms with E-state index in [2.05, 4.69) is 45.9 Å². The number of nitrogens with zero attached hydrogens (tertiary/aromatic N) is 1. The predicted octanol–water partition coefficient (Wildman–Crippen LogP) is 3.19. The van der Waals surface area contributed by atoms with Crippen LogP contribution < -0.4 is 0 Å². The Bertz CT molecular complexity index is 538. The maximum Gasteiger partial charge on any atom is 0.232 e. The number of fused-ring (bicyclic) bond motifs is 2. The normalized spacial score (nSPS) is 28.8. The van der Waals surface area contributed by atoms with Crippen LogP contribution in [0.3, 0.4) is 0 Å². The van der Waals surface area contributed by atoms with Crippen LogP contribution in [-0.4, -0.2) is 29.7 Å². The molecule has 1 unspecified atom stereocenters. The summed E-state index contributed by atoms with van der Waals surface area (Å²) < 4.78 is 5.97. The van der Waals surface area contributed by atoms with E-state index in [-0.39, 0.29) is 24.1 Å². The minimum atomic E-state index is -0.0881. The van der Waals surface area contributed by atoms with E-state index in [4.69, 9.17) is 4.74 Å². The van der Waals surface area contributed by atoms with Gasteiger partial charge in [-0.05, 0) is 23.0 Å². The fourth-order valence-corrected chi connectivity index (χ4v) is 3.71. The van der Waals surface area contributed by atoms with Crippen LogP contribution >= 0.6 is 0 Å². The van der Waals surface area contributed by atoms with E-state index < -0.39 is 0 Å². The molecule has 1 saturated heterocycles. The molecule has 2 aliphatic rings. The summed E-state index contributed by atoms with van der Waals surface area (Å²) in [6.45, 7) is 9.29. The first kappa shape index (κ1) is 14.6. The molecule has 2 aliphatic heterocycles. The molecular formula is C18H25NO2. The molecule has 3 heteroatoms. The molecule has 114 valence electrons. The second-order valence-electron chi connectivity index (χ2n) is 6.97. The van der Waals surface area contributed by atoms with E-state index in [1.165, 1.54) is 11.1 Å². The number of benzene rings is 1. The lowest BCUT2D eigenvalue weighted by atomic mass is 9.84. The summed E-state index contributed by atoms with van der Waals surface area (Å²) >= 11 is 0. The zero-order chi connectivity index (χ0) is 15.1. The van der Waals surface area contributed by atoms with Crippen molar-refractivity contribution in [1.29, 1.82) is 0 Å². The first-order chi connectivity index (χ1) is 10.0. The molecule has 1 amide bonds. The molecule has 0 aliphatic carbocycles. The Labute approximate surface area is 127 Å². The largest absolute Gasteiger partial charge is 0.356 e. The van der Waals surface area contributed by atoms with E-state index in [9.17, 15) is 4.79 Å². The van der Waals surface area contributed by atoms with E-state index in [1.54, 1.807) is 0 Å². The zero-order valence-corrected chi connectivity index (χ0v) is 13.4. The van der Waals surface area contributed by atoms with E-state index in [0.717, 1.165) is 6.42 Å². The molecule has 0 N–H and O–H groups in total. The van der Waals surface area contributed by atoms with Gasteiger partial charge in [0, 0.05) is 6.42 Å². The van der Waals surface area contributed by atoms with Crippen molar-refractivity contribution in [3.8, 4) is 0 Å². The lowest BCUT2D eigenvalue weighted by molar-refractivity contribution is -0.140. The van der Waals surface area contributed by atoms with Crippen molar-refractivity contribution < 1.29 is 9.53 Å². The Morgan fingerprint density at radius 3 is 2.52 bits per heavy atom. The highest BCUT2D eigenvalue weighted by atomic mass is 16.5. The summed E-state index contributed by atoms with van der Waals surface area (Å²) in [7, 11) is 0.